The third kappa shape index (κ3) is 3.66. The van der Waals surface area contributed by atoms with Crippen LogP contribution in [0.15, 0.2) is 30.9 Å². The van der Waals surface area contributed by atoms with Crippen LogP contribution in [0.5, 0.6) is 0 Å². The number of rotatable bonds is 6. The molecule has 0 amide bonds. The molecule has 1 aromatic heterocycles. The average molecular weight is 349 g/mol. The van der Waals surface area contributed by atoms with Gasteiger partial charge in [0.25, 0.3) is 0 Å². The van der Waals surface area contributed by atoms with Gasteiger partial charge in [-0.05, 0) is 37.1 Å². The van der Waals surface area contributed by atoms with E-state index in [1.54, 1.807) is 11.0 Å². The molecular weight excluding hydrogens is 326 g/mol. The van der Waals surface area contributed by atoms with Crippen molar-refractivity contribution < 1.29 is 8.42 Å². The maximum Gasteiger partial charge on any atom is 0.215 e. The average Bonchev–Trinajstić information content (AvgIpc) is 3.19. The Hall–Kier alpha value is -1.77. The normalized spacial score (nSPS) is 19.0. The van der Waals surface area contributed by atoms with Crippen molar-refractivity contribution in [1.82, 2.24) is 24.4 Å². The summed E-state index contributed by atoms with van der Waals surface area (Å²) in [4.78, 5) is 6.17. The number of benzene rings is 1. The number of nitrogens with one attached hydrogen (secondary N) is 1. The van der Waals surface area contributed by atoms with Gasteiger partial charge >= 0.3 is 0 Å². The van der Waals surface area contributed by atoms with Crippen LogP contribution in [0.1, 0.15) is 24.5 Å². The van der Waals surface area contributed by atoms with E-state index in [4.69, 9.17) is 0 Å². The van der Waals surface area contributed by atoms with Crippen LogP contribution in [0, 0.1) is 6.92 Å². The summed E-state index contributed by atoms with van der Waals surface area (Å²) in [6.45, 7) is 6.45. The third-order valence-corrected chi connectivity index (χ3v) is 6.30. The van der Waals surface area contributed by atoms with E-state index in [1.807, 2.05) is 19.9 Å². The zero-order valence-electron chi connectivity index (χ0n) is 14.0. The van der Waals surface area contributed by atoms with Crippen LogP contribution in [-0.4, -0.2) is 53.0 Å². The van der Waals surface area contributed by atoms with Crippen molar-refractivity contribution in [2.24, 2.45) is 0 Å². The van der Waals surface area contributed by atoms with Crippen molar-refractivity contribution in [3.63, 3.8) is 0 Å². The van der Waals surface area contributed by atoms with Crippen molar-refractivity contribution in [3.05, 3.63) is 42.0 Å². The number of nitrogens with zero attached hydrogens (tertiary/aromatic N) is 4. The molecule has 1 aliphatic rings. The molecule has 8 heteroatoms. The van der Waals surface area contributed by atoms with Gasteiger partial charge in [0.1, 0.15) is 12.7 Å². The molecule has 7 nitrogen and oxygen atoms in total. The number of aromatic nitrogens is 3. The van der Waals surface area contributed by atoms with Crippen LogP contribution >= 0.6 is 0 Å². The molecule has 0 aliphatic carbocycles. The maximum absolute atomic E-state index is 12.1. The Balaban J connectivity index is 1.66. The van der Waals surface area contributed by atoms with Crippen LogP contribution in [-0.2, 0) is 16.6 Å². The lowest BCUT2D eigenvalue weighted by Gasteiger charge is -2.17. The van der Waals surface area contributed by atoms with E-state index in [9.17, 15) is 8.42 Å². The Morgan fingerprint density at radius 1 is 1.38 bits per heavy atom. The van der Waals surface area contributed by atoms with Gasteiger partial charge in [-0.15, -0.1) is 0 Å². The van der Waals surface area contributed by atoms with Gasteiger partial charge in [-0.2, -0.15) is 5.10 Å². The molecule has 24 heavy (non-hydrogen) atoms. The zero-order chi connectivity index (χ0) is 17.2. The highest BCUT2D eigenvalue weighted by Crippen LogP contribution is 2.21. The largest absolute Gasteiger partial charge is 0.298 e. The molecule has 1 aromatic carbocycles. The highest BCUT2D eigenvalue weighted by atomic mass is 32.2. The van der Waals surface area contributed by atoms with Crippen molar-refractivity contribution in [3.8, 4) is 5.69 Å². The first-order valence-corrected chi connectivity index (χ1v) is 9.69. The fraction of sp³-hybridized carbons (Fsp3) is 0.500. The molecule has 0 bridgehead atoms. The van der Waals surface area contributed by atoms with Gasteiger partial charge in [0, 0.05) is 19.6 Å². The van der Waals surface area contributed by atoms with Gasteiger partial charge in [0.05, 0.1) is 10.9 Å². The van der Waals surface area contributed by atoms with Gasteiger partial charge in [-0.1, -0.05) is 19.1 Å². The molecule has 1 saturated heterocycles. The lowest BCUT2D eigenvalue weighted by molar-refractivity contribution is 0.331. The minimum Gasteiger partial charge on any atom is -0.298 e. The summed E-state index contributed by atoms with van der Waals surface area (Å²) in [6.07, 6.45) is 3.88. The Morgan fingerprint density at radius 2 is 2.21 bits per heavy atom. The van der Waals surface area contributed by atoms with Crippen LogP contribution in [0.3, 0.4) is 0 Å². The summed E-state index contributed by atoms with van der Waals surface area (Å²) < 4.78 is 28.6. The fourth-order valence-corrected chi connectivity index (χ4v) is 4.64. The topological polar surface area (TPSA) is 80.1 Å². The monoisotopic (exact) mass is 349 g/mol. The molecule has 1 atom stereocenters. The zero-order valence-corrected chi connectivity index (χ0v) is 14.8. The summed E-state index contributed by atoms with van der Waals surface area (Å²) >= 11 is 0. The summed E-state index contributed by atoms with van der Waals surface area (Å²) in [5.74, 6) is 0. The summed E-state index contributed by atoms with van der Waals surface area (Å²) in [6, 6.07) is 6.22. The predicted octanol–water partition coefficient (Wildman–Crippen LogP) is 1.09. The highest BCUT2D eigenvalue weighted by molar-refractivity contribution is 7.90. The maximum atomic E-state index is 12.1. The number of sulfonamides is 1. The van der Waals surface area contributed by atoms with E-state index >= 15 is 0 Å². The van der Waals surface area contributed by atoms with Crippen LogP contribution in [0.25, 0.3) is 5.69 Å². The Kier molecular flexibility index (Phi) is 4.98. The molecule has 0 spiro atoms. The molecule has 1 fully saturated rings. The number of likely N-dealkylation sites (tertiary alicyclic amines) is 1. The summed E-state index contributed by atoms with van der Waals surface area (Å²) in [7, 11) is -3.19. The molecule has 2 heterocycles. The first-order chi connectivity index (χ1) is 11.5. The standard InChI is InChI=1S/C16H23N5O2S/c1-3-19-24(22,23)15-6-7-20(10-15)9-14-4-5-16(13(2)8-14)21-12-17-11-18-21/h4-5,8,11-12,15,19H,3,6-7,9-10H2,1-2H3. The summed E-state index contributed by atoms with van der Waals surface area (Å²) in [5.41, 5.74) is 3.30. The molecule has 2 aromatic rings. The minimum atomic E-state index is -3.19. The van der Waals surface area contributed by atoms with Gasteiger partial charge in [0.2, 0.25) is 10.0 Å². The number of hydrogen-bond donors (Lipinski definition) is 1. The number of aryl methyl sites for hydroxylation is 1. The molecular formula is C16H23N5O2S. The third-order valence-electron chi connectivity index (χ3n) is 4.35. The molecule has 1 unspecified atom stereocenters. The quantitative estimate of drug-likeness (QED) is 0.844. The molecule has 0 saturated carbocycles. The van der Waals surface area contributed by atoms with Gasteiger partial charge < -0.3 is 0 Å². The Bertz CT molecular complexity index is 789. The lowest BCUT2D eigenvalue weighted by Crippen LogP contribution is -2.36. The second-order valence-corrected chi connectivity index (χ2v) is 8.19. The van der Waals surface area contributed by atoms with Crippen LogP contribution in [0.2, 0.25) is 0 Å². The lowest BCUT2D eigenvalue weighted by atomic mass is 10.1. The van der Waals surface area contributed by atoms with E-state index in [1.165, 1.54) is 11.9 Å². The predicted molar refractivity (Wildman–Crippen MR) is 92.4 cm³/mol. The van der Waals surface area contributed by atoms with Crippen LogP contribution < -0.4 is 4.72 Å². The first kappa shape index (κ1) is 17.1. The SMILES string of the molecule is CCNS(=O)(=O)C1CCN(Cc2ccc(-n3cncn3)c(C)c2)C1. The van der Waals surface area contributed by atoms with Crippen molar-refractivity contribution in [2.45, 2.75) is 32.1 Å². The fourth-order valence-electron chi connectivity index (χ4n) is 3.18. The molecule has 130 valence electrons. The van der Waals surface area contributed by atoms with E-state index in [0.717, 1.165) is 24.3 Å². The second kappa shape index (κ2) is 7.00. The minimum absolute atomic E-state index is 0.312. The first-order valence-electron chi connectivity index (χ1n) is 8.15. The second-order valence-electron chi connectivity index (χ2n) is 6.15. The Morgan fingerprint density at radius 3 is 2.88 bits per heavy atom. The van der Waals surface area contributed by atoms with Crippen molar-refractivity contribution in [2.75, 3.05) is 19.6 Å². The van der Waals surface area contributed by atoms with Crippen LogP contribution in [0.4, 0.5) is 0 Å². The van der Waals surface area contributed by atoms with Crippen molar-refractivity contribution in [1.29, 1.82) is 0 Å². The molecule has 1 N–H and O–H groups in total. The summed E-state index contributed by atoms with van der Waals surface area (Å²) in [5, 5.41) is 3.84. The van der Waals surface area contributed by atoms with Gasteiger partial charge in [-0.25, -0.2) is 22.8 Å². The van der Waals surface area contributed by atoms with E-state index in [-0.39, 0.29) is 5.25 Å². The highest BCUT2D eigenvalue weighted by Gasteiger charge is 2.32. The van der Waals surface area contributed by atoms with Crippen molar-refractivity contribution >= 4 is 10.0 Å². The molecule has 3 rings (SSSR count). The van der Waals surface area contributed by atoms with Gasteiger partial charge in [0.15, 0.2) is 0 Å². The van der Waals surface area contributed by atoms with E-state index in [0.29, 0.717) is 19.5 Å². The smallest absolute Gasteiger partial charge is 0.215 e. The molecule has 0 radical (unpaired) electrons. The van der Waals surface area contributed by atoms with E-state index in [2.05, 4.69) is 31.8 Å². The van der Waals surface area contributed by atoms with E-state index < -0.39 is 10.0 Å². The number of hydrogen-bond acceptors (Lipinski definition) is 5. The van der Waals surface area contributed by atoms with Gasteiger partial charge in [-0.3, -0.25) is 4.90 Å². The Labute approximate surface area is 142 Å². The molecule has 1 aliphatic heterocycles.